The molecule has 0 bridgehead atoms. The minimum atomic E-state index is -0.297. The van der Waals surface area contributed by atoms with Crippen LogP contribution in [0.1, 0.15) is 24.8 Å². The van der Waals surface area contributed by atoms with Crippen molar-refractivity contribution in [3.8, 4) is 11.5 Å². The zero-order valence-corrected chi connectivity index (χ0v) is 17.4. The third-order valence-electron chi connectivity index (χ3n) is 5.17. The second-order valence-corrected chi connectivity index (χ2v) is 8.18. The van der Waals surface area contributed by atoms with Crippen LogP contribution in [0, 0.1) is 5.82 Å². The first-order valence-corrected chi connectivity index (χ1v) is 11.0. The summed E-state index contributed by atoms with van der Waals surface area (Å²) in [7, 11) is 0. The molecular weight excluding hydrogens is 401 g/mol. The average Bonchev–Trinajstić information content (AvgIpc) is 3.44. The molecule has 2 heterocycles. The van der Waals surface area contributed by atoms with Crippen LogP contribution in [0.3, 0.4) is 0 Å². The molecule has 0 aliphatic carbocycles. The Hall–Kier alpha value is -2.93. The molecule has 0 saturated carbocycles. The normalized spacial score (nSPS) is 15.9. The van der Waals surface area contributed by atoms with Crippen molar-refractivity contribution in [1.29, 1.82) is 0 Å². The van der Waals surface area contributed by atoms with E-state index in [1.807, 2.05) is 35.8 Å². The quantitative estimate of drug-likeness (QED) is 0.564. The summed E-state index contributed by atoms with van der Waals surface area (Å²) in [5, 5.41) is 6.09. The zero-order valence-electron chi connectivity index (χ0n) is 16.6. The largest absolute Gasteiger partial charge is 0.457 e. The Morgan fingerprint density at radius 2 is 2.10 bits per heavy atom. The van der Waals surface area contributed by atoms with Crippen molar-refractivity contribution in [3.05, 3.63) is 71.5 Å². The van der Waals surface area contributed by atoms with E-state index < -0.39 is 0 Å². The zero-order chi connectivity index (χ0) is 20.8. The Morgan fingerprint density at radius 3 is 2.90 bits per heavy atom. The summed E-state index contributed by atoms with van der Waals surface area (Å²) in [6.07, 6.45) is 5.07. The highest BCUT2D eigenvalue weighted by molar-refractivity contribution is 7.13. The van der Waals surface area contributed by atoms with Crippen LogP contribution in [-0.2, 0) is 11.2 Å². The van der Waals surface area contributed by atoms with E-state index in [-0.39, 0.29) is 11.7 Å². The van der Waals surface area contributed by atoms with Gasteiger partial charge in [-0.1, -0.05) is 12.1 Å². The van der Waals surface area contributed by atoms with Crippen molar-refractivity contribution in [2.75, 3.05) is 18.0 Å². The van der Waals surface area contributed by atoms with Crippen LogP contribution in [0.2, 0.25) is 0 Å². The van der Waals surface area contributed by atoms with E-state index in [0.717, 1.165) is 30.1 Å². The van der Waals surface area contributed by atoms with Crippen molar-refractivity contribution in [3.63, 3.8) is 0 Å². The molecule has 0 spiro atoms. The number of aromatic nitrogens is 1. The highest BCUT2D eigenvalue weighted by Crippen LogP contribution is 2.27. The molecule has 2 aromatic carbocycles. The number of anilines is 1. The standard InChI is InChI=1S/C23H24FN3O2S/c24-18-7-9-20(10-8-18)29-21-5-1-3-17(15-21)6-11-22(28)26-16-19-4-2-13-27(19)23-25-12-14-30-23/h1,3,5,7-10,12,14-15,19H,2,4,6,11,13,16H2,(H,26,28). The summed E-state index contributed by atoms with van der Waals surface area (Å²) in [5.74, 6) is 0.998. The van der Waals surface area contributed by atoms with Crippen molar-refractivity contribution < 1.29 is 13.9 Å². The van der Waals surface area contributed by atoms with Gasteiger partial charge in [0.1, 0.15) is 17.3 Å². The number of carbonyl (C=O) groups is 1. The monoisotopic (exact) mass is 425 g/mol. The topological polar surface area (TPSA) is 54.5 Å². The fraction of sp³-hybridized carbons (Fsp3) is 0.304. The predicted octanol–water partition coefficient (Wildman–Crippen LogP) is 4.79. The van der Waals surface area contributed by atoms with Crippen molar-refractivity contribution in [2.24, 2.45) is 0 Å². The third-order valence-corrected chi connectivity index (χ3v) is 5.97. The van der Waals surface area contributed by atoms with Gasteiger partial charge in [-0.3, -0.25) is 4.79 Å². The molecule has 1 amide bonds. The Morgan fingerprint density at radius 1 is 1.23 bits per heavy atom. The van der Waals surface area contributed by atoms with Crippen molar-refractivity contribution in [2.45, 2.75) is 31.7 Å². The number of halogens is 1. The molecule has 5 nitrogen and oxygen atoms in total. The van der Waals surface area contributed by atoms with Crippen LogP contribution < -0.4 is 15.0 Å². The summed E-state index contributed by atoms with van der Waals surface area (Å²) >= 11 is 1.64. The summed E-state index contributed by atoms with van der Waals surface area (Å²) in [6, 6.07) is 13.9. The summed E-state index contributed by atoms with van der Waals surface area (Å²) in [5.41, 5.74) is 1.02. The van der Waals surface area contributed by atoms with Gasteiger partial charge in [0, 0.05) is 37.1 Å². The number of rotatable bonds is 8. The number of nitrogens with zero attached hydrogens (tertiary/aromatic N) is 2. The molecule has 1 aliphatic rings. The molecule has 1 saturated heterocycles. The van der Waals surface area contributed by atoms with Gasteiger partial charge in [0.2, 0.25) is 5.91 Å². The first kappa shape index (κ1) is 20.3. The van der Waals surface area contributed by atoms with Gasteiger partial charge >= 0.3 is 0 Å². The highest BCUT2D eigenvalue weighted by atomic mass is 32.1. The number of hydrogen-bond donors (Lipinski definition) is 1. The lowest BCUT2D eigenvalue weighted by Crippen LogP contribution is -2.40. The first-order valence-electron chi connectivity index (χ1n) is 10.1. The number of ether oxygens (including phenoxy) is 1. The van der Waals surface area contributed by atoms with Crippen LogP contribution in [0.15, 0.2) is 60.1 Å². The first-order chi connectivity index (χ1) is 14.7. The maximum atomic E-state index is 13.0. The van der Waals surface area contributed by atoms with E-state index in [0.29, 0.717) is 36.9 Å². The fourth-order valence-corrected chi connectivity index (χ4v) is 4.38. The third kappa shape index (κ3) is 5.36. The molecule has 7 heteroatoms. The highest BCUT2D eigenvalue weighted by Gasteiger charge is 2.26. The summed E-state index contributed by atoms with van der Waals surface area (Å²) in [6.45, 7) is 1.64. The molecule has 1 aromatic heterocycles. The van der Waals surface area contributed by atoms with Gasteiger partial charge in [-0.2, -0.15) is 0 Å². The molecule has 0 radical (unpaired) electrons. The van der Waals surface area contributed by atoms with E-state index in [4.69, 9.17) is 4.74 Å². The molecular formula is C23H24FN3O2S. The molecule has 156 valence electrons. The molecule has 1 aliphatic heterocycles. The Balaban J connectivity index is 1.25. The second kappa shape index (κ2) is 9.71. The lowest BCUT2D eigenvalue weighted by Gasteiger charge is -2.24. The van der Waals surface area contributed by atoms with Gasteiger partial charge in [0.25, 0.3) is 0 Å². The number of benzene rings is 2. The second-order valence-electron chi connectivity index (χ2n) is 7.31. The van der Waals surface area contributed by atoms with Crippen LogP contribution in [0.25, 0.3) is 0 Å². The minimum Gasteiger partial charge on any atom is -0.457 e. The number of thiazole rings is 1. The maximum Gasteiger partial charge on any atom is 0.220 e. The van der Waals surface area contributed by atoms with Gasteiger partial charge in [-0.25, -0.2) is 9.37 Å². The van der Waals surface area contributed by atoms with Crippen LogP contribution in [0.4, 0.5) is 9.52 Å². The molecule has 4 rings (SSSR count). The van der Waals surface area contributed by atoms with E-state index in [2.05, 4.69) is 15.2 Å². The molecule has 1 fully saturated rings. The van der Waals surface area contributed by atoms with Gasteiger partial charge in [-0.05, 0) is 61.2 Å². The SMILES string of the molecule is O=C(CCc1cccc(Oc2ccc(F)cc2)c1)NCC1CCCN1c1nccs1. The molecule has 1 N–H and O–H groups in total. The molecule has 1 unspecified atom stereocenters. The lowest BCUT2D eigenvalue weighted by atomic mass is 10.1. The minimum absolute atomic E-state index is 0.0471. The van der Waals surface area contributed by atoms with Gasteiger partial charge in [0.15, 0.2) is 5.13 Å². The smallest absolute Gasteiger partial charge is 0.220 e. The van der Waals surface area contributed by atoms with E-state index >= 15 is 0 Å². The van der Waals surface area contributed by atoms with Crippen LogP contribution in [-0.4, -0.2) is 30.0 Å². The molecule has 30 heavy (non-hydrogen) atoms. The molecule has 1 atom stereocenters. The Kier molecular flexibility index (Phi) is 6.59. The van der Waals surface area contributed by atoms with Crippen molar-refractivity contribution >= 4 is 22.4 Å². The van der Waals surface area contributed by atoms with Crippen molar-refractivity contribution in [1.82, 2.24) is 10.3 Å². The fourth-order valence-electron chi connectivity index (χ4n) is 3.64. The van der Waals surface area contributed by atoms with Gasteiger partial charge < -0.3 is 15.0 Å². The van der Waals surface area contributed by atoms with Crippen LogP contribution >= 0.6 is 11.3 Å². The lowest BCUT2D eigenvalue weighted by molar-refractivity contribution is -0.121. The molecule has 3 aromatic rings. The van der Waals surface area contributed by atoms with E-state index in [1.165, 1.54) is 12.1 Å². The number of carbonyl (C=O) groups excluding carboxylic acids is 1. The predicted molar refractivity (Wildman–Crippen MR) is 117 cm³/mol. The summed E-state index contributed by atoms with van der Waals surface area (Å²) < 4.78 is 18.8. The van der Waals surface area contributed by atoms with E-state index in [1.54, 1.807) is 23.5 Å². The number of hydrogen-bond acceptors (Lipinski definition) is 5. The Bertz CT molecular complexity index is 963. The Labute approximate surface area is 179 Å². The average molecular weight is 426 g/mol. The number of nitrogens with one attached hydrogen (secondary N) is 1. The van der Waals surface area contributed by atoms with Gasteiger partial charge in [0.05, 0.1) is 0 Å². The van der Waals surface area contributed by atoms with Crippen LogP contribution in [0.5, 0.6) is 11.5 Å². The summed E-state index contributed by atoms with van der Waals surface area (Å²) in [4.78, 5) is 19.1. The number of aryl methyl sites for hydroxylation is 1. The number of amides is 1. The van der Waals surface area contributed by atoms with E-state index in [9.17, 15) is 9.18 Å². The maximum absolute atomic E-state index is 13.0. The van der Waals surface area contributed by atoms with Gasteiger partial charge in [-0.15, -0.1) is 11.3 Å².